The molecule has 1 fully saturated rings. The fourth-order valence-corrected chi connectivity index (χ4v) is 4.48. The summed E-state index contributed by atoms with van der Waals surface area (Å²) in [6.45, 7) is 4.53. The summed E-state index contributed by atoms with van der Waals surface area (Å²) in [5.74, 6) is 0.990. The first kappa shape index (κ1) is 17.6. The van der Waals surface area contributed by atoms with Gasteiger partial charge in [-0.25, -0.2) is 0 Å². The summed E-state index contributed by atoms with van der Waals surface area (Å²) in [4.78, 5) is 7.49. The zero-order chi connectivity index (χ0) is 18.1. The van der Waals surface area contributed by atoms with Crippen LogP contribution in [-0.4, -0.2) is 43.2 Å². The SMILES string of the molecule is CCc1cc2nc3c(c(NC4CCN(C)CC4)c2cc1OC)CCCC3. The third-order valence-corrected chi connectivity index (χ3v) is 6.11. The maximum Gasteiger partial charge on any atom is 0.122 e. The Balaban J connectivity index is 1.81. The summed E-state index contributed by atoms with van der Waals surface area (Å²) in [7, 11) is 3.99. The molecule has 0 saturated carbocycles. The summed E-state index contributed by atoms with van der Waals surface area (Å²) < 4.78 is 5.69. The number of nitrogens with one attached hydrogen (secondary N) is 1. The van der Waals surface area contributed by atoms with Crippen molar-refractivity contribution < 1.29 is 4.74 Å². The Labute approximate surface area is 156 Å². The molecule has 140 valence electrons. The second-order valence-electron chi connectivity index (χ2n) is 7.88. The molecule has 0 amide bonds. The van der Waals surface area contributed by atoms with E-state index >= 15 is 0 Å². The Bertz CT molecular complexity index is 789. The largest absolute Gasteiger partial charge is 0.496 e. The molecule has 4 heteroatoms. The third kappa shape index (κ3) is 3.27. The second-order valence-corrected chi connectivity index (χ2v) is 7.88. The fourth-order valence-electron chi connectivity index (χ4n) is 4.48. The molecule has 1 saturated heterocycles. The molecule has 0 spiro atoms. The summed E-state index contributed by atoms with van der Waals surface area (Å²) in [6.07, 6.45) is 8.17. The Morgan fingerprint density at radius 2 is 1.96 bits per heavy atom. The quantitative estimate of drug-likeness (QED) is 0.894. The Morgan fingerprint density at radius 1 is 1.19 bits per heavy atom. The zero-order valence-corrected chi connectivity index (χ0v) is 16.4. The van der Waals surface area contributed by atoms with Crippen molar-refractivity contribution in [2.24, 2.45) is 0 Å². The van der Waals surface area contributed by atoms with Gasteiger partial charge in [0.2, 0.25) is 0 Å². The fraction of sp³-hybridized carbons (Fsp3) is 0.591. The molecule has 2 aromatic rings. The Morgan fingerprint density at radius 3 is 2.69 bits per heavy atom. The molecule has 4 nitrogen and oxygen atoms in total. The number of ether oxygens (including phenoxy) is 1. The van der Waals surface area contributed by atoms with Gasteiger partial charge in [0.25, 0.3) is 0 Å². The first-order valence-electron chi connectivity index (χ1n) is 10.2. The number of likely N-dealkylation sites (tertiary alicyclic amines) is 1. The van der Waals surface area contributed by atoms with Crippen LogP contribution in [0.3, 0.4) is 0 Å². The number of hydrogen-bond acceptors (Lipinski definition) is 4. The summed E-state index contributed by atoms with van der Waals surface area (Å²) in [5.41, 5.74) is 6.47. The van der Waals surface area contributed by atoms with E-state index < -0.39 is 0 Å². The van der Waals surface area contributed by atoms with E-state index in [1.165, 1.54) is 66.7 Å². The van der Waals surface area contributed by atoms with Gasteiger partial charge in [0.1, 0.15) is 5.75 Å². The molecular formula is C22H31N3O. The number of piperidine rings is 1. The van der Waals surface area contributed by atoms with E-state index in [1.54, 1.807) is 7.11 Å². The number of rotatable bonds is 4. The van der Waals surface area contributed by atoms with Gasteiger partial charge in [-0.3, -0.25) is 4.98 Å². The van der Waals surface area contributed by atoms with Crippen molar-refractivity contribution in [2.45, 2.75) is 57.9 Å². The number of methoxy groups -OCH3 is 1. The first-order valence-corrected chi connectivity index (χ1v) is 10.2. The van der Waals surface area contributed by atoms with Gasteiger partial charge >= 0.3 is 0 Å². The predicted molar refractivity (Wildman–Crippen MR) is 108 cm³/mol. The van der Waals surface area contributed by atoms with Crippen molar-refractivity contribution >= 4 is 16.6 Å². The van der Waals surface area contributed by atoms with Crippen LogP contribution < -0.4 is 10.1 Å². The van der Waals surface area contributed by atoms with Crippen molar-refractivity contribution in [1.29, 1.82) is 0 Å². The van der Waals surface area contributed by atoms with Crippen LogP contribution >= 0.6 is 0 Å². The highest BCUT2D eigenvalue weighted by Gasteiger charge is 2.23. The highest BCUT2D eigenvalue weighted by molar-refractivity contribution is 5.95. The molecule has 1 aromatic heterocycles. The summed E-state index contributed by atoms with van der Waals surface area (Å²) >= 11 is 0. The van der Waals surface area contributed by atoms with Crippen LogP contribution in [0.2, 0.25) is 0 Å². The van der Waals surface area contributed by atoms with Crippen molar-refractivity contribution in [3.8, 4) is 5.75 Å². The molecule has 26 heavy (non-hydrogen) atoms. The minimum atomic E-state index is 0.555. The number of nitrogens with zero attached hydrogens (tertiary/aromatic N) is 2. The smallest absolute Gasteiger partial charge is 0.122 e. The molecule has 4 rings (SSSR count). The Kier molecular flexibility index (Phi) is 5.03. The molecule has 2 aliphatic rings. The first-order chi connectivity index (χ1) is 12.7. The average molecular weight is 354 g/mol. The third-order valence-electron chi connectivity index (χ3n) is 6.11. The van der Waals surface area contributed by atoms with Crippen molar-refractivity contribution in [3.05, 3.63) is 29.0 Å². The van der Waals surface area contributed by atoms with Gasteiger partial charge in [-0.15, -0.1) is 0 Å². The Hall–Kier alpha value is -1.81. The molecule has 1 aliphatic carbocycles. The maximum absolute atomic E-state index is 5.69. The number of aromatic nitrogens is 1. The minimum absolute atomic E-state index is 0.555. The second kappa shape index (κ2) is 7.43. The number of hydrogen-bond donors (Lipinski definition) is 1. The molecule has 1 aromatic carbocycles. The number of benzene rings is 1. The number of fused-ring (bicyclic) bond motifs is 2. The van der Waals surface area contributed by atoms with E-state index in [1.807, 2.05) is 0 Å². The van der Waals surface area contributed by atoms with E-state index in [2.05, 4.69) is 36.3 Å². The molecule has 1 aliphatic heterocycles. The van der Waals surface area contributed by atoms with Crippen molar-refractivity contribution in [3.63, 3.8) is 0 Å². The van der Waals surface area contributed by atoms with Crippen LogP contribution in [0.5, 0.6) is 5.75 Å². The number of pyridine rings is 1. The zero-order valence-electron chi connectivity index (χ0n) is 16.4. The van der Waals surface area contributed by atoms with Crippen LogP contribution in [0.1, 0.15) is 49.4 Å². The van der Waals surface area contributed by atoms with Gasteiger partial charge in [0.15, 0.2) is 0 Å². The summed E-state index contributed by atoms with van der Waals surface area (Å²) in [6, 6.07) is 5.01. The molecule has 0 unspecified atom stereocenters. The van der Waals surface area contributed by atoms with Crippen LogP contribution in [0.15, 0.2) is 12.1 Å². The minimum Gasteiger partial charge on any atom is -0.496 e. The van der Waals surface area contributed by atoms with Gasteiger partial charge in [-0.1, -0.05) is 6.92 Å². The lowest BCUT2D eigenvalue weighted by atomic mass is 9.91. The van der Waals surface area contributed by atoms with E-state index in [-0.39, 0.29) is 0 Å². The molecular weight excluding hydrogens is 322 g/mol. The molecule has 2 heterocycles. The molecule has 0 bridgehead atoms. The monoisotopic (exact) mass is 353 g/mol. The van der Waals surface area contributed by atoms with E-state index in [4.69, 9.17) is 9.72 Å². The maximum atomic E-state index is 5.69. The lowest BCUT2D eigenvalue weighted by molar-refractivity contribution is 0.264. The van der Waals surface area contributed by atoms with E-state index in [9.17, 15) is 0 Å². The molecule has 1 N–H and O–H groups in total. The average Bonchev–Trinajstić information content (AvgIpc) is 2.68. The predicted octanol–water partition coefficient (Wildman–Crippen LogP) is 4.19. The van der Waals surface area contributed by atoms with Crippen LogP contribution in [0.25, 0.3) is 10.9 Å². The lowest BCUT2D eigenvalue weighted by Gasteiger charge is -2.32. The van der Waals surface area contributed by atoms with E-state index in [0.29, 0.717) is 6.04 Å². The normalized spacial score (nSPS) is 18.7. The summed E-state index contributed by atoms with van der Waals surface area (Å²) in [5, 5.41) is 5.17. The molecule has 0 radical (unpaired) electrons. The topological polar surface area (TPSA) is 37.4 Å². The molecule has 0 atom stereocenters. The highest BCUT2D eigenvalue weighted by Crippen LogP contribution is 2.37. The number of aryl methyl sites for hydroxylation is 2. The van der Waals surface area contributed by atoms with Gasteiger partial charge < -0.3 is 15.0 Å². The van der Waals surface area contributed by atoms with Gasteiger partial charge in [-0.05, 0) is 88.3 Å². The lowest BCUT2D eigenvalue weighted by Crippen LogP contribution is -2.37. The number of anilines is 1. The van der Waals surface area contributed by atoms with Crippen molar-refractivity contribution in [1.82, 2.24) is 9.88 Å². The van der Waals surface area contributed by atoms with Gasteiger partial charge in [0.05, 0.1) is 12.6 Å². The van der Waals surface area contributed by atoms with Gasteiger partial charge in [0, 0.05) is 22.8 Å². The van der Waals surface area contributed by atoms with E-state index in [0.717, 1.165) is 30.5 Å². The van der Waals surface area contributed by atoms with Crippen LogP contribution in [0, 0.1) is 0 Å². The van der Waals surface area contributed by atoms with Crippen LogP contribution in [0.4, 0.5) is 5.69 Å². The van der Waals surface area contributed by atoms with Crippen LogP contribution in [-0.2, 0) is 19.3 Å². The van der Waals surface area contributed by atoms with Crippen molar-refractivity contribution in [2.75, 3.05) is 32.6 Å². The standard InChI is InChI=1S/C22H31N3O/c1-4-15-13-20-18(14-21(15)26-3)22(17-7-5-6-8-19(17)24-20)23-16-9-11-25(2)12-10-16/h13-14,16H,4-12H2,1-3H3,(H,23,24). The van der Waals surface area contributed by atoms with Gasteiger partial charge in [-0.2, -0.15) is 0 Å². The highest BCUT2D eigenvalue weighted by atomic mass is 16.5.